The van der Waals surface area contributed by atoms with Crippen LogP contribution in [-0.2, 0) is 4.74 Å². The summed E-state index contributed by atoms with van der Waals surface area (Å²) in [5, 5.41) is 3.12. The third-order valence-electron chi connectivity index (χ3n) is 3.61. The van der Waals surface area contributed by atoms with Gasteiger partial charge in [-0.25, -0.2) is 9.37 Å². The molecule has 1 aliphatic heterocycles. The first-order valence-corrected chi connectivity index (χ1v) is 8.27. The molecule has 0 saturated carbocycles. The molecule has 1 aliphatic rings. The molecule has 3 nitrogen and oxygen atoms in total. The summed E-state index contributed by atoms with van der Waals surface area (Å²) in [6.07, 6.45) is 4.21. The van der Waals surface area contributed by atoms with Crippen LogP contribution in [0.5, 0.6) is 0 Å². The lowest BCUT2D eigenvalue weighted by Crippen LogP contribution is -2.38. The molecule has 1 aromatic heterocycles. The molecule has 0 N–H and O–H groups in total. The van der Waals surface area contributed by atoms with E-state index in [0.29, 0.717) is 0 Å². The predicted molar refractivity (Wildman–Crippen MR) is 87.4 cm³/mol. The van der Waals surface area contributed by atoms with E-state index in [4.69, 9.17) is 4.74 Å². The number of aromatic nitrogens is 1. The Kier molecular flexibility index (Phi) is 4.97. The van der Waals surface area contributed by atoms with E-state index in [-0.39, 0.29) is 11.9 Å². The quantitative estimate of drug-likeness (QED) is 0.860. The molecule has 1 unspecified atom stereocenters. The highest BCUT2D eigenvalue weighted by Crippen LogP contribution is 2.25. The maximum Gasteiger partial charge on any atom is 0.123 e. The zero-order chi connectivity index (χ0) is 15.4. The first kappa shape index (κ1) is 15.3. The lowest BCUT2D eigenvalue weighted by atomic mass is 10.2. The molecule has 3 rings (SSSR count). The second-order valence-electron chi connectivity index (χ2n) is 5.40. The highest BCUT2D eigenvalue weighted by molar-refractivity contribution is 7.09. The average molecular weight is 318 g/mol. The van der Waals surface area contributed by atoms with Crippen LogP contribution in [-0.4, -0.2) is 36.1 Å². The molecular weight excluding hydrogens is 299 g/mol. The van der Waals surface area contributed by atoms with E-state index in [0.717, 1.165) is 42.5 Å². The lowest BCUT2D eigenvalue weighted by Gasteiger charge is -2.31. The van der Waals surface area contributed by atoms with Gasteiger partial charge < -0.3 is 4.74 Å². The molecule has 2 heterocycles. The van der Waals surface area contributed by atoms with Crippen molar-refractivity contribution in [3.8, 4) is 0 Å². The van der Waals surface area contributed by atoms with Gasteiger partial charge in [0, 0.05) is 30.7 Å². The Morgan fingerprint density at radius 1 is 1.41 bits per heavy atom. The number of benzene rings is 1. The standard InChI is InChI=1S/C17H19FN2OS/c1-13-12-22-17(19-13)16-11-20(9-10-21-16)8-2-3-14-4-6-15(18)7-5-14/h2-7,12,16H,8-11H2,1H3. The minimum atomic E-state index is -0.202. The van der Waals surface area contributed by atoms with Crippen molar-refractivity contribution in [2.75, 3.05) is 26.2 Å². The van der Waals surface area contributed by atoms with Gasteiger partial charge in [0.2, 0.25) is 0 Å². The number of hydrogen-bond donors (Lipinski definition) is 0. The number of aryl methyl sites for hydroxylation is 1. The summed E-state index contributed by atoms with van der Waals surface area (Å²) in [6, 6.07) is 6.53. The Bertz CT molecular complexity index is 638. The summed E-state index contributed by atoms with van der Waals surface area (Å²) in [5.41, 5.74) is 2.07. The summed E-state index contributed by atoms with van der Waals surface area (Å²) < 4.78 is 18.7. The second-order valence-corrected chi connectivity index (χ2v) is 6.29. The summed E-state index contributed by atoms with van der Waals surface area (Å²) in [7, 11) is 0. The van der Waals surface area contributed by atoms with Crippen molar-refractivity contribution in [1.82, 2.24) is 9.88 Å². The molecule has 116 valence electrons. The zero-order valence-electron chi connectivity index (χ0n) is 12.5. The average Bonchev–Trinajstić information content (AvgIpc) is 2.96. The molecule has 0 spiro atoms. The van der Waals surface area contributed by atoms with Crippen molar-refractivity contribution in [2.45, 2.75) is 13.0 Å². The maximum atomic E-state index is 12.9. The van der Waals surface area contributed by atoms with E-state index in [1.807, 2.05) is 13.0 Å². The van der Waals surface area contributed by atoms with Crippen molar-refractivity contribution in [3.05, 3.63) is 57.8 Å². The van der Waals surface area contributed by atoms with Crippen LogP contribution in [0.25, 0.3) is 6.08 Å². The number of nitrogens with zero attached hydrogens (tertiary/aromatic N) is 2. The molecule has 1 fully saturated rings. The van der Waals surface area contributed by atoms with Crippen LogP contribution in [0.4, 0.5) is 4.39 Å². The summed E-state index contributed by atoms with van der Waals surface area (Å²) in [6.45, 7) is 5.39. The third kappa shape index (κ3) is 4.00. The number of rotatable bonds is 4. The van der Waals surface area contributed by atoms with Crippen molar-refractivity contribution >= 4 is 17.4 Å². The van der Waals surface area contributed by atoms with Crippen molar-refractivity contribution < 1.29 is 9.13 Å². The maximum absolute atomic E-state index is 12.9. The third-order valence-corrected chi connectivity index (χ3v) is 4.66. The van der Waals surface area contributed by atoms with Gasteiger partial charge in [-0.1, -0.05) is 24.3 Å². The SMILES string of the molecule is Cc1csc(C2CN(CC=Cc3ccc(F)cc3)CCO2)n1. The Hall–Kier alpha value is -1.56. The zero-order valence-corrected chi connectivity index (χ0v) is 13.4. The number of hydrogen-bond acceptors (Lipinski definition) is 4. The molecule has 1 aromatic carbocycles. The molecule has 22 heavy (non-hydrogen) atoms. The van der Waals surface area contributed by atoms with E-state index in [9.17, 15) is 4.39 Å². The van der Waals surface area contributed by atoms with Gasteiger partial charge in [0.15, 0.2) is 0 Å². The summed E-state index contributed by atoms with van der Waals surface area (Å²) >= 11 is 1.66. The molecule has 5 heteroatoms. The first-order valence-electron chi connectivity index (χ1n) is 7.39. The van der Waals surface area contributed by atoms with Crippen LogP contribution < -0.4 is 0 Å². The monoisotopic (exact) mass is 318 g/mol. The van der Waals surface area contributed by atoms with Crippen LogP contribution in [0.1, 0.15) is 22.4 Å². The summed E-state index contributed by atoms with van der Waals surface area (Å²) in [4.78, 5) is 6.87. The Labute approximate surface area is 134 Å². The number of thiazole rings is 1. The van der Waals surface area contributed by atoms with Crippen LogP contribution in [0.3, 0.4) is 0 Å². The Morgan fingerprint density at radius 2 is 2.23 bits per heavy atom. The van der Waals surface area contributed by atoms with Gasteiger partial charge in [0.05, 0.1) is 6.61 Å². The minimum Gasteiger partial charge on any atom is -0.368 e. The van der Waals surface area contributed by atoms with E-state index >= 15 is 0 Å². The fraction of sp³-hybridized carbons (Fsp3) is 0.353. The van der Waals surface area contributed by atoms with Crippen LogP contribution >= 0.6 is 11.3 Å². The number of morpholine rings is 1. The molecule has 1 saturated heterocycles. The van der Waals surface area contributed by atoms with Crippen LogP contribution in [0.2, 0.25) is 0 Å². The molecule has 1 atom stereocenters. The molecular formula is C17H19FN2OS. The van der Waals surface area contributed by atoms with Crippen molar-refractivity contribution in [1.29, 1.82) is 0 Å². The van der Waals surface area contributed by atoms with E-state index in [1.165, 1.54) is 12.1 Å². The summed E-state index contributed by atoms with van der Waals surface area (Å²) in [5.74, 6) is -0.202. The fourth-order valence-electron chi connectivity index (χ4n) is 2.45. The Balaban J connectivity index is 1.55. The topological polar surface area (TPSA) is 25.4 Å². The van der Waals surface area contributed by atoms with Crippen molar-refractivity contribution in [3.63, 3.8) is 0 Å². The number of halogens is 1. The highest BCUT2D eigenvalue weighted by Gasteiger charge is 2.23. The Morgan fingerprint density at radius 3 is 2.95 bits per heavy atom. The highest BCUT2D eigenvalue weighted by atomic mass is 32.1. The van der Waals surface area contributed by atoms with Gasteiger partial charge in [-0.15, -0.1) is 11.3 Å². The van der Waals surface area contributed by atoms with Gasteiger partial charge in [-0.2, -0.15) is 0 Å². The largest absolute Gasteiger partial charge is 0.368 e. The van der Waals surface area contributed by atoms with Crippen LogP contribution in [0.15, 0.2) is 35.7 Å². The van der Waals surface area contributed by atoms with Crippen molar-refractivity contribution in [2.24, 2.45) is 0 Å². The van der Waals surface area contributed by atoms with E-state index in [1.54, 1.807) is 23.5 Å². The predicted octanol–water partition coefficient (Wildman–Crippen LogP) is 3.68. The second kappa shape index (κ2) is 7.13. The molecule has 0 aliphatic carbocycles. The van der Waals surface area contributed by atoms with Gasteiger partial charge in [-0.3, -0.25) is 4.90 Å². The van der Waals surface area contributed by atoms with Gasteiger partial charge in [-0.05, 0) is 24.6 Å². The van der Waals surface area contributed by atoms with E-state index < -0.39 is 0 Å². The molecule has 0 amide bonds. The normalized spacial score (nSPS) is 19.8. The molecule has 0 bridgehead atoms. The minimum absolute atomic E-state index is 0.0756. The van der Waals surface area contributed by atoms with Crippen LogP contribution in [0, 0.1) is 12.7 Å². The van der Waals surface area contributed by atoms with Gasteiger partial charge in [0.25, 0.3) is 0 Å². The van der Waals surface area contributed by atoms with E-state index in [2.05, 4.69) is 21.3 Å². The molecule has 0 radical (unpaired) electrons. The molecule has 2 aromatic rings. The first-order chi connectivity index (χ1) is 10.7. The fourth-order valence-corrected chi connectivity index (χ4v) is 3.28. The van der Waals surface area contributed by atoms with Gasteiger partial charge in [0.1, 0.15) is 16.9 Å². The van der Waals surface area contributed by atoms with Gasteiger partial charge >= 0.3 is 0 Å². The lowest BCUT2D eigenvalue weighted by molar-refractivity contribution is -0.0261. The number of ether oxygens (including phenoxy) is 1. The smallest absolute Gasteiger partial charge is 0.123 e.